The van der Waals surface area contributed by atoms with E-state index in [9.17, 15) is 48.0 Å². The monoisotopic (exact) mass is 530 g/mol. The molecule has 0 spiro atoms. The third-order valence-electron chi connectivity index (χ3n) is 5.61. The van der Waals surface area contributed by atoms with Gasteiger partial charge in [0.05, 0.1) is 52.2 Å². The van der Waals surface area contributed by atoms with Crippen molar-refractivity contribution in [1.29, 1.82) is 0 Å². The predicted molar refractivity (Wildman–Crippen MR) is 127 cm³/mol. The molecule has 36 heavy (non-hydrogen) atoms. The number of hydrogen-bond donors (Lipinski definition) is 6. The van der Waals surface area contributed by atoms with Crippen LogP contribution >= 0.6 is 0 Å². The van der Waals surface area contributed by atoms with Crippen molar-refractivity contribution in [1.82, 2.24) is 0 Å². The SMILES string of the molecule is O=C(O)c1ccccc1Nc1ccc(C(F)(F)F)cc1NC(=O)[C@H]1CC(O)C(O)C[C@@H]1C(=O)O.[NaH].[NaH]. The first-order valence-electron chi connectivity index (χ1n) is 10.1. The van der Waals surface area contributed by atoms with Crippen molar-refractivity contribution in [3.05, 3.63) is 53.6 Å². The van der Waals surface area contributed by atoms with Crippen LogP contribution in [-0.4, -0.2) is 110 Å². The van der Waals surface area contributed by atoms with E-state index in [1.54, 1.807) is 0 Å². The standard InChI is InChI=1S/C22H21F3N2O7.2Na.2H/c23-22(24,25)10-5-6-15(26-14-4-2-1-3-11(14)20(31)32)16(7-10)27-19(30)12-8-17(28)18(29)9-13(12)21(33)34;;;;/h1-7,12-13,17-18,26,28-29H,8-9H2,(H,27,30)(H,31,32)(H,33,34);;;;/t12-,13-,17?,18?;;;;/m0..../s1. The fourth-order valence-electron chi connectivity index (χ4n) is 3.81. The number of alkyl halides is 3. The summed E-state index contributed by atoms with van der Waals surface area (Å²) in [7, 11) is 0. The van der Waals surface area contributed by atoms with E-state index >= 15 is 0 Å². The van der Waals surface area contributed by atoms with Crippen LogP contribution in [0.5, 0.6) is 0 Å². The molecule has 0 aliphatic heterocycles. The van der Waals surface area contributed by atoms with E-state index < -0.39 is 66.5 Å². The number of halogens is 3. The molecule has 186 valence electrons. The summed E-state index contributed by atoms with van der Waals surface area (Å²) in [6, 6.07) is 7.99. The number of amides is 1. The van der Waals surface area contributed by atoms with Gasteiger partial charge in [0.15, 0.2) is 0 Å². The van der Waals surface area contributed by atoms with E-state index in [-0.39, 0.29) is 81.7 Å². The van der Waals surface area contributed by atoms with Crippen LogP contribution in [-0.2, 0) is 15.8 Å². The van der Waals surface area contributed by atoms with Crippen molar-refractivity contribution >= 4 is 94.0 Å². The topological polar surface area (TPSA) is 156 Å². The van der Waals surface area contributed by atoms with Crippen molar-refractivity contribution in [2.45, 2.75) is 31.2 Å². The van der Waals surface area contributed by atoms with E-state index in [1.165, 1.54) is 24.3 Å². The Morgan fingerprint density at radius 3 is 1.97 bits per heavy atom. The van der Waals surface area contributed by atoms with Crippen molar-refractivity contribution < 1.29 is 48.0 Å². The Labute approximate surface area is 247 Å². The van der Waals surface area contributed by atoms with Gasteiger partial charge in [-0.2, -0.15) is 13.2 Å². The minimum absolute atomic E-state index is 0. The van der Waals surface area contributed by atoms with Gasteiger partial charge in [0.2, 0.25) is 5.91 Å². The second kappa shape index (κ2) is 13.2. The number of hydrogen-bond acceptors (Lipinski definition) is 6. The summed E-state index contributed by atoms with van der Waals surface area (Å²) < 4.78 is 39.9. The van der Waals surface area contributed by atoms with Gasteiger partial charge < -0.3 is 31.1 Å². The molecule has 1 amide bonds. The average molecular weight is 530 g/mol. The van der Waals surface area contributed by atoms with Gasteiger partial charge in [0.1, 0.15) is 0 Å². The van der Waals surface area contributed by atoms with Crippen molar-refractivity contribution in [2.75, 3.05) is 10.6 Å². The summed E-state index contributed by atoms with van der Waals surface area (Å²) in [5.74, 6) is -6.35. The number of nitrogens with one attached hydrogen (secondary N) is 2. The molecule has 3 rings (SSSR count). The average Bonchev–Trinajstić information content (AvgIpc) is 2.75. The number of carboxylic acid groups (broad SMARTS) is 2. The maximum absolute atomic E-state index is 13.3. The molecule has 0 radical (unpaired) electrons. The van der Waals surface area contributed by atoms with Gasteiger partial charge >= 0.3 is 77.2 Å². The third-order valence-corrected chi connectivity index (χ3v) is 5.61. The Balaban J connectivity index is 0.00000324. The second-order valence-electron chi connectivity index (χ2n) is 7.88. The van der Waals surface area contributed by atoms with Crippen LogP contribution < -0.4 is 10.6 Å². The molecule has 0 heterocycles. The molecule has 1 saturated carbocycles. The third kappa shape index (κ3) is 7.68. The Kier molecular flexibility index (Phi) is 11.9. The van der Waals surface area contributed by atoms with Gasteiger partial charge in [0.25, 0.3) is 0 Å². The first-order chi connectivity index (χ1) is 15.9. The molecule has 1 aliphatic carbocycles. The van der Waals surface area contributed by atoms with Gasteiger partial charge in [0, 0.05) is 0 Å². The molecule has 1 aliphatic rings. The number of anilines is 3. The second-order valence-corrected chi connectivity index (χ2v) is 7.88. The quantitative estimate of drug-likeness (QED) is 0.308. The van der Waals surface area contributed by atoms with Crippen LogP contribution in [0.2, 0.25) is 0 Å². The van der Waals surface area contributed by atoms with Crippen LogP contribution in [0.15, 0.2) is 42.5 Å². The van der Waals surface area contributed by atoms with Crippen LogP contribution in [0.4, 0.5) is 30.2 Å². The molecular weight excluding hydrogens is 507 g/mol. The number of aliphatic hydroxyl groups excluding tert-OH is 2. The number of aliphatic carboxylic acids is 1. The summed E-state index contributed by atoms with van der Waals surface area (Å²) in [6.07, 6.45) is -8.32. The number of aromatic carboxylic acids is 1. The van der Waals surface area contributed by atoms with E-state index in [2.05, 4.69) is 10.6 Å². The molecule has 2 aromatic rings. The van der Waals surface area contributed by atoms with Gasteiger partial charge in [-0.25, -0.2) is 4.79 Å². The van der Waals surface area contributed by atoms with Crippen LogP contribution in [0.1, 0.15) is 28.8 Å². The van der Waals surface area contributed by atoms with Crippen LogP contribution in [0.3, 0.4) is 0 Å². The summed E-state index contributed by atoms with van der Waals surface area (Å²) >= 11 is 0. The first-order valence-corrected chi connectivity index (χ1v) is 10.1. The Hall–Kier alpha value is -1.64. The maximum atomic E-state index is 13.3. The zero-order valence-corrected chi connectivity index (χ0v) is 17.4. The first kappa shape index (κ1) is 32.4. The number of carboxylic acids is 2. The van der Waals surface area contributed by atoms with Gasteiger partial charge in [-0.05, 0) is 43.2 Å². The molecule has 1 fully saturated rings. The molecule has 2 unspecified atom stereocenters. The Morgan fingerprint density at radius 1 is 0.833 bits per heavy atom. The molecule has 2 aromatic carbocycles. The van der Waals surface area contributed by atoms with Crippen molar-refractivity contribution in [3.8, 4) is 0 Å². The van der Waals surface area contributed by atoms with Gasteiger partial charge in [-0.1, -0.05) is 12.1 Å². The Bertz CT molecular complexity index is 1120. The van der Waals surface area contributed by atoms with Gasteiger partial charge in [-0.15, -0.1) is 0 Å². The van der Waals surface area contributed by atoms with E-state index in [1.807, 2.05) is 0 Å². The predicted octanol–water partition coefficient (Wildman–Crippen LogP) is 1.62. The molecule has 6 N–H and O–H groups in total. The molecule has 0 bridgehead atoms. The summed E-state index contributed by atoms with van der Waals surface area (Å²) in [6.45, 7) is 0. The summed E-state index contributed by atoms with van der Waals surface area (Å²) in [4.78, 5) is 36.0. The number of aliphatic hydroxyl groups is 2. The number of rotatable bonds is 6. The molecule has 4 atom stereocenters. The number of benzene rings is 2. The summed E-state index contributed by atoms with van der Waals surface area (Å²) in [5, 5.41) is 43.4. The fourth-order valence-corrected chi connectivity index (χ4v) is 3.81. The van der Waals surface area contributed by atoms with Crippen LogP contribution in [0.25, 0.3) is 0 Å². The summed E-state index contributed by atoms with van der Waals surface area (Å²) in [5.41, 5.74) is -1.67. The number of para-hydroxylation sites is 1. The zero-order valence-electron chi connectivity index (χ0n) is 17.4. The molecular formula is C22H23F3N2Na2O7. The van der Waals surface area contributed by atoms with E-state index in [0.29, 0.717) is 6.07 Å². The van der Waals surface area contributed by atoms with Crippen molar-refractivity contribution in [3.63, 3.8) is 0 Å². The number of carbonyl (C=O) groups is 3. The molecule has 0 aromatic heterocycles. The van der Waals surface area contributed by atoms with Crippen LogP contribution in [0, 0.1) is 11.8 Å². The Morgan fingerprint density at radius 2 is 1.42 bits per heavy atom. The van der Waals surface area contributed by atoms with E-state index in [0.717, 1.165) is 12.1 Å². The molecule has 0 saturated heterocycles. The molecule has 9 nitrogen and oxygen atoms in total. The number of carbonyl (C=O) groups excluding carboxylic acids is 1. The molecule has 14 heteroatoms. The normalized spacial score (nSPS) is 21.4. The van der Waals surface area contributed by atoms with Crippen molar-refractivity contribution in [2.24, 2.45) is 11.8 Å². The fraction of sp³-hybridized carbons (Fsp3) is 0.318. The van der Waals surface area contributed by atoms with E-state index in [4.69, 9.17) is 0 Å². The van der Waals surface area contributed by atoms with Gasteiger partial charge in [-0.3, -0.25) is 9.59 Å². The minimum atomic E-state index is -4.76. The zero-order chi connectivity index (χ0) is 25.2.